The highest BCUT2D eigenvalue weighted by Gasteiger charge is 2.53. The first-order valence-corrected chi connectivity index (χ1v) is 13.6. The molecule has 1 saturated carbocycles. The molecule has 0 amide bonds. The number of hydrogen-bond acceptors (Lipinski definition) is 6. The number of benzene rings is 2. The van der Waals surface area contributed by atoms with Crippen LogP contribution >= 0.6 is 23.2 Å². The maximum atomic E-state index is 13.7. The van der Waals surface area contributed by atoms with Crippen molar-refractivity contribution in [1.29, 1.82) is 0 Å². The second-order valence-corrected chi connectivity index (χ2v) is 11.2. The summed E-state index contributed by atoms with van der Waals surface area (Å²) in [7, 11) is 0. The molecule has 2 N–H and O–H groups in total. The Kier molecular flexibility index (Phi) is 5.05. The standard InChI is InChI=1S/C29H21Cl2N7O2/c1-14-13-40-25-7-15(2-4-21(25)33-14)29-32-11-22(34-29)28-20-10-19(20)24-6-16(8-27(39)38(24)28)18-9-17(30)3-5-23(18)37-12-26(31)35-36-37/h2-9,11-12,19-20,28,33H,1,10,13H2,(H,32,34). The first kappa shape index (κ1) is 23.5. The van der Waals surface area contributed by atoms with Gasteiger partial charge in [-0.3, -0.25) is 4.79 Å². The number of imidazole rings is 1. The molecule has 2 aliphatic heterocycles. The molecule has 0 bridgehead atoms. The van der Waals surface area contributed by atoms with Crippen LogP contribution in [0.1, 0.15) is 29.8 Å². The number of nitrogens with zero attached hydrogens (tertiary/aromatic N) is 5. The number of fused-ring (bicyclic) bond motifs is 4. The van der Waals surface area contributed by atoms with Crippen LogP contribution < -0.4 is 15.6 Å². The molecule has 3 unspecified atom stereocenters. The van der Waals surface area contributed by atoms with E-state index in [9.17, 15) is 4.79 Å². The number of hydrogen-bond donors (Lipinski definition) is 2. The number of H-pyrrole nitrogens is 1. The Morgan fingerprint density at radius 3 is 2.83 bits per heavy atom. The predicted octanol–water partition coefficient (Wildman–Crippen LogP) is 5.82. The largest absolute Gasteiger partial charge is 0.485 e. The fourth-order valence-electron chi connectivity index (χ4n) is 6.02. The van der Waals surface area contributed by atoms with Crippen LogP contribution in [0.5, 0.6) is 5.75 Å². The van der Waals surface area contributed by atoms with Gasteiger partial charge in [0.25, 0.3) is 5.56 Å². The quantitative estimate of drug-likeness (QED) is 0.283. The summed E-state index contributed by atoms with van der Waals surface area (Å²) < 4.78 is 9.30. The van der Waals surface area contributed by atoms with Crippen LogP contribution in [0.4, 0.5) is 5.69 Å². The van der Waals surface area contributed by atoms with Gasteiger partial charge in [0, 0.05) is 39.5 Å². The third-order valence-corrected chi connectivity index (χ3v) is 8.27. The number of aromatic nitrogens is 6. The van der Waals surface area contributed by atoms with E-state index in [-0.39, 0.29) is 16.8 Å². The minimum Gasteiger partial charge on any atom is -0.485 e. The van der Waals surface area contributed by atoms with Gasteiger partial charge in [-0.2, -0.15) is 0 Å². The molecule has 3 atom stereocenters. The molecule has 8 rings (SSSR count). The van der Waals surface area contributed by atoms with Gasteiger partial charge in [0.05, 0.1) is 35.5 Å². The van der Waals surface area contributed by atoms with E-state index in [4.69, 9.17) is 27.9 Å². The van der Waals surface area contributed by atoms with Crippen molar-refractivity contribution in [2.75, 3.05) is 11.9 Å². The van der Waals surface area contributed by atoms with Crippen LogP contribution in [-0.2, 0) is 0 Å². The third-order valence-electron chi connectivity index (χ3n) is 7.87. The second kappa shape index (κ2) is 8.58. The number of ether oxygens (including phenoxy) is 1. The number of aromatic amines is 1. The number of rotatable bonds is 4. The van der Waals surface area contributed by atoms with Crippen LogP contribution in [0.2, 0.25) is 10.2 Å². The average Bonchev–Trinajstić information content (AvgIpc) is 3.23. The van der Waals surface area contributed by atoms with Gasteiger partial charge in [0.2, 0.25) is 0 Å². The molecule has 5 heterocycles. The maximum Gasteiger partial charge on any atom is 0.251 e. The highest BCUT2D eigenvalue weighted by Crippen LogP contribution is 2.60. The Morgan fingerprint density at radius 2 is 1.98 bits per heavy atom. The molecule has 198 valence electrons. The van der Waals surface area contributed by atoms with Crippen LogP contribution in [0.25, 0.3) is 28.2 Å². The molecule has 0 saturated heterocycles. The minimum atomic E-state index is -0.102. The van der Waals surface area contributed by atoms with E-state index in [0.717, 1.165) is 63.1 Å². The second-order valence-electron chi connectivity index (χ2n) is 10.4. The zero-order valence-corrected chi connectivity index (χ0v) is 22.4. The van der Waals surface area contributed by atoms with Crippen molar-refractivity contribution in [1.82, 2.24) is 29.5 Å². The smallest absolute Gasteiger partial charge is 0.251 e. The molecule has 5 aromatic rings. The van der Waals surface area contributed by atoms with E-state index in [2.05, 4.69) is 38.2 Å². The van der Waals surface area contributed by atoms with Crippen molar-refractivity contribution >= 4 is 28.9 Å². The molecule has 0 spiro atoms. The lowest BCUT2D eigenvalue weighted by Gasteiger charge is -2.21. The van der Waals surface area contributed by atoms with Gasteiger partial charge in [0.1, 0.15) is 18.2 Å². The van der Waals surface area contributed by atoms with Gasteiger partial charge in [-0.05, 0) is 60.4 Å². The number of halogens is 2. The van der Waals surface area contributed by atoms with E-state index in [1.54, 1.807) is 23.0 Å². The summed E-state index contributed by atoms with van der Waals surface area (Å²) in [5.74, 6) is 2.14. The van der Waals surface area contributed by atoms with Gasteiger partial charge >= 0.3 is 0 Å². The molecule has 1 fully saturated rings. The third kappa shape index (κ3) is 3.69. The summed E-state index contributed by atoms with van der Waals surface area (Å²) in [4.78, 5) is 21.8. The molecular weight excluding hydrogens is 549 g/mol. The van der Waals surface area contributed by atoms with Gasteiger partial charge in [-0.15, -0.1) is 5.10 Å². The molecule has 2 aromatic carbocycles. The number of nitrogens with one attached hydrogen (secondary N) is 2. The summed E-state index contributed by atoms with van der Waals surface area (Å²) in [6, 6.07) is 15.0. The zero-order chi connectivity index (χ0) is 27.1. The van der Waals surface area contributed by atoms with Crippen molar-refractivity contribution in [2.45, 2.75) is 18.4 Å². The Hall–Kier alpha value is -4.34. The summed E-state index contributed by atoms with van der Waals surface area (Å²) in [5.41, 5.74) is 6.78. The lowest BCUT2D eigenvalue weighted by atomic mass is 10.0. The lowest BCUT2D eigenvalue weighted by molar-refractivity contribution is 0.347. The Morgan fingerprint density at radius 1 is 1.07 bits per heavy atom. The predicted molar refractivity (Wildman–Crippen MR) is 152 cm³/mol. The van der Waals surface area contributed by atoms with Crippen LogP contribution in [0, 0.1) is 5.92 Å². The van der Waals surface area contributed by atoms with Crippen LogP contribution in [-0.4, -0.2) is 36.1 Å². The van der Waals surface area contributed by atoms with E-state index in [0.29, 0.717) is 23.5 Å². The topological polar surface area (TPSA) is 103 Å². The molecule has 9 nitrogen and oxygen atoms in total. The SMILES string of the molecule is C=C1COc2cc(-c3ncc(C4C5CC5c5cc(-c6cc(Cl)ccc6-n6cc(Cl)nn6)cc(=O)n54)[nH]3)ccc2N1. The molecule has 1 aliphatic carbocycles. The molecule has 0 radical (unpaired) electrons. The van der Waals surface area contributed by atoms with E-state index < -0.39 is 0 Å². The van der Waals surface area contributed by atoms with Gasteiger partial charge < -0.3 is 19.6 Å². The zero-order valence-electron chi connectivity index (χ0n) is 20.9. The van der Waals surface area contributed by atoms with Gasteiger partial charge in [-0.25, -0.2) is 9.67 Å². The highest BCUT2D eigenvalue weighted by molar-refractivity contribution is 6.31. The minimum absolute atomic E-state index is 0.0723. The lowest BCUT2D eigenvalue weighted by Crippen LogP contribution is -2.26. The van der Waals surface area contributed by atoms with Crippen molar-refractivity contribution in [3.8, 4) is 34.0 Å². The fraction of sp³-hybridized carbons (Fsp3) is 0.172. The van der Waals surface area contributed by atoms with Crippen molar-refractivity contribution in [3.63, 3.8) is 0 Å². The Bertz CT molecular complexity index is 1920. The normalized spacial score (nSPS) is 20.4. The Balaban J connectivity index is 1.17. The summed E-state index contributed by atoms with van der Waals surface area (Å²) in [6.07, 6.45) is 4.49. The van der Waals surface area contributed by atoms with E-state index in [1.807, 2.05) is 41.1 Å². The first-order chi connectivity index (χ1) is 19.4. The first-order valence-electron chi connectivity index (χ1n) is 12.8. The van der Waals surface area contributed by atoms with E-state index >= 15 is 0 Å². The molecule has 3 aromatic heterocycles. The summed E-state index contributed by atoms with van der Waals surface area (Å²) >= 11 is 12.4. The molecule has 3 aliphatic rings. The molecular formula is C29H21Cl2N7O2. The monoisotopic (exact) mass is 569 g/mol. The summed E-state index contributed by atoms with van der Waals surface area (Å²) in [5, 5.41) is 12.1. The maximum absolute atomic E-state index is 13.7. The summed E-state index contributed by atoms with van der Waals surface area (Å²) in [6.45, 7) is 4.35. The van der Waals surface area contributed by atoms with Crippen molar-refractivity contribution in [3.05, 3.63) is 105 Å². The number of pyridine rings is 1. The molecule has 11 heteroatoms. The van der Waals surface area contributed by atoms with Crippen molar-refractivity contribution in [2.24, 2.45) is 5.92 Å². The highest BCUT2D eigenvalue weighted by atomic mass is 35.5. The van der Waals surface area contributed by atoms with Crippen LogP contribution in [0.15, 0.2) is 78.0 Å². The van der Waals surface area contributed by atoms with Gasteiger partial charge in [0.15, 0.2) is 5.15 Å². The number of anilines is 1. The van der Waals surface area contributed by atoms with E-state index in [1.165, 1.54) is 0 Å². The Labute approximate surface area is 238 Å². The van der Waals surface area contributed by atoms with Gasteiger partial charge in [-0.1, -0.05) is 35.0 Å². The van der Waals surface area contributed by atoms with Crippen molar-refractivity contribution < 1.29 is 4.74 Å². The fourth-order valence-corrected chi connectivity index (χ4v) is 6.32. The molecule has 40 heavy (non-hydrogen) atoms. The van der Waals surface area contributed by atoms with Crippen LogP contribution in [0.3, 0.4) is 0 Å². The average molecular weight is 570 g/mol.